The molecule has 0 radical (unpaired) electrons. The van der Waals surface area contributed by atoms with Gasteiger partial charge in [-0.1, -0.05) is 32.1 Å². The van der Waals surface area contributed by atoms with E-state index in [9.17, 15) is 14.9 Å². The predicted octanol–water partition coefficient (Wildman–Crippen LogP) is 3.01. The summed E-state index contributed by atoms with van der Waals surface area (Å²) in [6.45, 7) is 4.60. The summed E-state index contributed by atoms with van der Waals surface area (Å²) in [6.07, 6.45) is 7.61. The second-order valence-electron chi connectivity index (χ2n) is 5.99. The van der Waals surface area contributed by atoms with E-state index in [1.54, 1.807) is 12.1 Å². The van der Waals surface area contributed by atoms with Crippen LogP contribution in [0.4, 0.5) is 0 Å². The van der Waals surface area contributed by atoms with Crippen molar-refractivity contribution in [1.29, 1.82) is 0 Å². The van der Waals surface area contributed by atoms with Gasteiger partial charge in [-0.05, 0) is 42.9 Å². The third kappa shape index (κ3) is 10.9. The van der Waals surface area contributed by atoms with Crippen molar-refractivity contribution in [2.75, 3.05) is 7.11 Å². The SMILES string of the molecule is COc1cc(CNC(=O)CCCC/C=C/C(C)C)ccc1O[N+](=O)[O-].[KH]. The number of amides is 1. The topological polar surface area (TPSA) is 90.7 Å². The number of unbranched alkanes of at least 4 members (excludes halogenated alkanes) is 2. The molecule has 0 heterocycles. The standard InChI is InChI=1S/C18H26N2O5.K.H/c1-14(2)8-6-4-5-7-9-18(21)19-13-15-10-11-16(25-20(22)23)17(12-15)24-3;;/h6,8,10-12,14H,4-5,7,9,13H2,1-3H3,(H,19,21);;/b8-6+;;. The molecule has 0 aliphatic carbocycles. The van der Waals surface area contributed by atoms with Gasteiger partial charge in [0.15, 0.2) is 5.75 Å². The molecule has 0 bridgehead atoms. The van der Waals surface area contributed by atoms with Gasteiger partial charge in [0.05, 0.1) is 7.11 Å². The van der Waals surface area contributed by atoms with Gasteiger partial charge in [0.1, 0.15) is 5.75 Å². The van der Waals surface area contributed by atoms with Crippen molar-refractivity contribution in [3.63, 3.8) is 0 Å². The van der Waals surface area contributed by atoms with Crippen molar-refractivity contribution >= 4 is 57.3 Å². The zero-order chi connectivity index (χ0) is 18.7. The average Bonchev–Trinajstić information content (AvgIpc) is 2.56. The van der Waals surface area contributed by atoms with Crippen molar-refractivity contribution in [2.24, 2.45) is 5.92 Å². The summed E-state index contributed by atoms with van der Waals surface area (Å²) in [5.41, 5.74) is 0.778. The van der Waals surface area contributed by atoms with Crippen molar-refractivity contribution in [2.45, 2.75) is 46.1 Å². The van der Waals surface area contributed by atoms with Gasteiger partial charge in [-0.3, -0.25) is 9.63 Å². The van der Waals surface area contributed by atoms with E-state index in [0.717, 1.165) is 24.8 Å². The average molecular weight is 391 g/mol. The second kappa shape index (κ2) is 14.2. The Morgan fingerprint density at radius 3 is 2.65 bits per heavy atom. The number of carbonyl (C=O) groups excluding carboxylic acids is 1. The van der Waals surface area contributed by atoms with E-state index < -0.39 is 5.09 Å². The summed E-state index contributed by atoms with van der Waals surface area (Å²) in [4.78, 5) is 26.7. The minimum absolute atomic E-state index is 0. The Morgan fingerprint density at radius 1 is 1.31 bits per heavy atom. The number of carbonyl (C=O) groups is 1. The van der Waals surface area contributed by atoms with Crippen LogP contribution in [0.25, 0.3) is 0 Å². The molecule has 0 aliphatic rings. The zero-order valence-electron chi connectivity index (χ0n) is 15.0. The van der Waals surface area contributed by atoms with E-state index in [1.807, 2.05) is 0 Å². The van der Waals surface area contributed by atoms with Gasteiger partial charge < -0.3 is 10.1 Å². The molecule has 1 amide bonds. The summed E-state index contributed by atoms with van der Waals surface area (Å²) >= 11 is 0. The molecule has 0 atom stereocenters. The fourth-order valence-corrected chi connectivity index (χ4v) is 2.18. The Labute approximate surface area is 197 Å². The van der Waals surface area contributed by atoms with E-state index in [0.29, 0.717) is 18.9 Å². The third-order valence-electron chi connectivity index (χ3n) is 3.44. The van der Waals surface area contributed by atoms with Crippen LogP contribution >= 0.6 is 0 Å². The quantitative estimate of drug-likeness (QED) is 0.206. The molecule has 0 fully saturated rings. The van der Waals surface area contributed by atoms with Crippen LogP contribution in [0.1, 0.15) is 45.1 Å². The van der Waals surface area contributed by atoms with Crippen molar-refractivity contribution in [1.82, 2.24) is 5.32 Å². The molecule has 7 nitrogen and oxygen atoms in total. The van der Waals surface area contributed by atoms with Crippen LogP contribution < -0.4 is 14.9 Å². The maximum absolute atomic E-state index is 11.8. The van der Waals surface area contributed by atoms with Crippen molar-refractivity contribution in [3.05, 3.63) is 46.0 Å². The van der Waals surface area contributed by atoms with Crippen LogP contribution in [0, 0.1) is 16.0 Å². The number of allylic oxidation sites excluding steroid dienone is 2. The molecule has 1 aromatic rings. The van der Waals surface area contributed by atoms with Gasteiger partial charge in [0, 0.05) is 13.0 Å². The summed E-state index contributed by atoms with van der Waals surface area (Å²) in [5.74, 6) is 0.817. The number of benzene rings is 1. The Kier molecular flexibility index (Phi) is 13.7. The number of hydrogen-bond donors (Lipinski definition) is 1. The van der Waals surface area contributed by atoms with E-state index in [1.165, 1.54) is 13.2 Å². The Hall–Kier alpha value is -0.934. The van der Waals surface area contributed by atoms with Crippen LogP contribution in [0.3, 0.4) is 0 Å². The number of nitrogens with zero attached hydrogens (tertiary/aromatic N) is 1. The van der Waals surface area contributed by atoms with Gasteiger partial charge in [-0.2, -0.15) is 0 Å². The number of ether oxygens (including phenoxy) is 1. The van der Waals surface area contributed by atoms with Crippen LogP contribution in [-0.4, -0.2) is 69.5 Å². The first-order chi connectivity index (χ1) is 11.9. The normalized spacial score (nSPS) is 10.5. The van der Waals surface area contributed by atoms with E-state index >= 15 is 0 Å². The molecule has 0 aliphatic heterocycles. The molecule has 140 valence electrons. The molecule has 0 saturated heterocycles. The maximum atomic E-state index is 11.8. The van der Waals surface area contributed by atoms with Gasteiger partial charge in [0.25, 0.3) is 5.09 Å². The summed E-state index contributed by atoms with van der Waals surface area (Å²) in [5, 5.41) is 12.3. The summed E-state index contributed by atoms with van der Waals surface area (Å²) in [7, 11) is 1.40. The van der Waals surface area contributed by atoms with E-state index in [-0.39, 0.29) is 68.8 Å². The molecule has 8 heteroatoms. The first-order valence-electron chi connectivity index (χ1n) is 8.35. The van der Waals surface area contributed by atoms with Crippen LogP contribution in [0.15, 0.2) is 30.4 Å². The number of rotatable bonds is 11. The summed E-state index contributed by atoms with van der Waals surface area (Å²) in [6, 6.07) is 4.71. The van der Waals surface area contributed by atoms with Crippen LogP contribution in [0.5, 0.6) is 11.5 Å². The van der Waals surface area contributed by atoms with Gasteiger partial charge in [-0.25, -0.2) is 0 Å². The van der Waals surface area contributed by atoms with Gasteiger partial charge in [-0.15, -0.1) is 10.1 Å². The molecule has 0 saturated carbocycles. The Bertz CT molecular complexity index is 605. The fourth-order valence-electron chi connectivity index (χ4n) is 2.18. The van der Waals surface area contributed by atoms with Crippen molar-refractivity contribution < 1.29 is 19.5 Å². The minimum atomic E-state index is -0.893. The molecule has 0 aromatic heterocycles. The van der Waals surface area contributed by atoms with E-state index in [4.69, 9.17) is 4.74 Å². The first-order valence-corrected chi connectivity index (χ1v) is 8.35. The summed E-state index contributed by atoms with van der Waals surface area (Å²) < 4.78 is 5.06. The molecule has 1 rings (SSSR count). The molecule has 0 unspecified atom stereocenters. The first kappa shape index (κ1) is 25.1. The Balaban J connectivity index is 0.00000625. The molecular weight excluding hydrogens is 363 g/mol. The Morgan fingerprint density at radius 2 is 2.04 bits per heavy atom. The predicted molar refractivity (Wildman–Crippen MR) is 102 cm³/mol. The fraction of sp³-hybridized carbons (Fsp3) is 0.500. The third-order valence-corrected chi connectivity index (χ3v) is 3.44. The van der Waals surface area contributed by atoms with Crippen LogP contribution in [0.2, 0.25) is 0 Å². The molecule has 1 aromatic carbocycles. The van der Waals surface area contributed by atoms with Gasteiger partial charge >= 0.3 is 51.4 Å². The number of methoxy groups -OCH3 is 1. The van der Waals surface area contributed by atoms with Crippen molar-refractivity contribution in [3.8, 4) is 11.5 Å². The number of hydrogen-bond acceptors (Lipinski definition) is 5. The zero-order valence-corrected chi connectivity index (χ0v) is 15.0. The number of nitrogens with one attached hydrogen (secondary N) is 1. The van der Waals surface area contributed by atoms with E-state index in [2.05, 4.69) is 36.2 Å². The molecule has 1 N–H and O–H groups in total. The molecule has 0 spiro atoms. The molecular formula is C18H27KN2O5. The monoisotopic (exact) mass is 390 g/mol. The molecule has 26 heavy (non-hydrogen) atoms. The second-order valence-corrected chi connectivity index (χ2v) is 5.99. The van der Waals surface area contributed by atoms with Gasteiger partial charge in [0.2, 0.25) is 5.91 Å². The van der Waals surface area contributed by atoms with Crippen LogP contribution in [-0.2, 0) is 11.3 Å².